The van der Waals surface area contributed by atoms with E-state index in [9.17, 15) is 4.79 Å². The number of rotatable bonds is 5. The molecule has 0 amide bonds. The molecule has 0 aliphatic heterocycles. The average Bonchev–Trinajstić information content (AvgIpc) is 3.39. The lowest BCUT2D eigenvalue weighted by atomic mass is 9.89. The van der Waals surface area contributed by atoms with Crippen LogP contribution in [0.3, 0.4) is 0 Å². The fourth-order valence-corrected chi connectivity index (χ4v) is 6.28. The highest BCUT2D eigenvalue weighted by Crippen LogP contribution is 2.36. The lowest BCUT2D eigenvalue weighted by Gasteiger charge is -2.17. The Balaban J connectivity index is 1.46. The van der Waals surface area contributed by atoms with Crippen LogP contribution in [0.15, 0.2) is 34.7 Å². The molecule has 160 valence electrons. The highest BCUT2D eigenvalue weighted by atomic mass is 32.1. The Morgan fingerprint density at radius 2 is 2.06 bits per heavy atom. The maximum absolute atomic E-state index is 13.3. The van der Waals surface area contributed by atoms with Crippen molar-refractivity contribution in [2.45, 2.75) is 32.7 Å². The van der Waals surface area contributed by atoms with Gasteiger partial charge in [0.15, 0.2) is 11.5 Å². The van der Waals surface area contributed by atoms with Crippen LogP contribution in [0.5, 0.6) is 11.5 Å². The van der Waals surface area contributed by atoms with Crippen molar-refractivity contribution in [1.82, 2.24) is 14.5 Å². The van der Waals surface area contributed by atoms with Crippen LogP contribution < -0.4 is 15.0 Å². The summed E-state index contributed by atoms with van der Waals surface area (Å²) >= 11 is 3.23. The summed E-state index contributed by atoms with van der Waals surface area (Å²) in [7, 11) is 3.24. The van der Waals surface area contributed by atoms with Gasteiger partial charge in [-0.15, -0.1) is 22.7 Å². The van der Waals surface area contributed by atoms with Crippen molar-refractivity contribution in [2.75, 3.05) is 14.2 Å². The second-order valence-corrected chi connectivity index (χ2v) is 9.87. The molecule has 0 bridgehead atoms. The summed E-state index contributed by atoms with van der Waals surface area (Å²) in [6, 6.07) is 5.75. The summed E-state index contributed by atoms with van der Waals surface area (Å²) in [6.45, 7) is 2.68. The first kappa shape index (κ1) is 20.2. The minimum atomic E-state index is 0.0396. The molecule has 5 rings (SSSR count). The van der Waals surface area contributed by atoms with Gasteiger partial charge in [0.2, 0.25) is 0 Å². The molecule has 0 saturated heterocycles. The minimum absolute atomic E-state index is 0.0396. The molecule has 0 radical (unpaired) electrons. The largest absolute Gasteiger partial charge is 0.493 e. The fourth-order valence-electron chi connectivity index (χ4n) is 4.13. The molecule has 6 nitrogen and oxygen atoms in total. The molecule has 0 N–H and O–H groups in total. The molecule has 8 heteroatoms. The Kier molecular flexibility index (Phi) is 5.27. The topological polar surface area (TPSA) is 66.2 Å². The molecule has 0 saturated carbocycles. The third-order valence-electron chi connectivity index (χ3n) is 5.80. The highest BCUT2D eigenvalue weighted by Gasteiger charge is 2.23. The molecule has 1 aliphatic carbocycles. The summed E-state index contributed by atoms with van der Waals surface area (Å²) < 4.78 is 12.4. The zero-order valence-electron chi connectivity index (χ0n) is 17.7. The van der Waals surface area contributed by atoms with E-state index in [-0.39, 0.29) is 5.56 Å². The maximum atomic E-state index is 13.3. The number of methoxy groups -OCH3 is 2. The monoisotopic (exact) mass is 453 g/mol. The molecule has 0 fully saturated rings. The van der Waals surface area contributed by atoms with Crippen molar-refractivity contribution in [3.05, 3.63) is 56.4 Å². The van der Waals surface area contributed by atoms with Crippen LogP contribution in [0, 0.1) is 5.92 Å². The summed E-state index contributed by atoms with van der Waals surface area (Å²) in [5, 5.41) is 3.68. The summed E-state index contributed by atoms with van der Waals surface area (Å²) in [4.78, 5) is 24.8. The van der Waals surface area contributed by atoms with Crippen molar-refractivity contribution in [3.8, 4) is 22.1 Å². The van der Waals surface area contributed by atoms with Gasteiger partial charge in [0, 0.05) is 15.8 Å². The van der Waals surface area contributed by atoms with Gasteiger partial charge in [0.25, 0.3) is 5.56 Å². The third kappa shape index (κ3) is 3.64. The van der Waals surface area contributed by atoms with E-state index in [1.807, 2.05) is 23.6 Å². The SMILES string of the molecule is COc1ccc(-c2nc(Cn3cnc4sc5c(c4c3=O)CCC(C)C5)cs2)cc1OC. The molecule has 3 aromatic heterocycles. The molecule has 4 aromatic rings. The standard InChI is InChI=1S/C23H23N3O3S2/c1-13-4-6-16-19(8-13)31-22-20(16)23(27)26(12-24-22)10-15-11-30-21(25-15)14-5-7-17(28-2)18(9-14)29-3/h5,7,9,11-13H,4,6,8,10H2,1-3H3. The van der Waals surface area contributed by atoms with Gasteiger partial charge in [-0.1, -0.05) is 6.92 Å². The van der Waals surface area contributed by atoms with Crippen LogP contribution in [0.1, 0.15) is 29.5 Å². The normalized spacial score (nSPS) is 15.8. The number of hydrogen-bond donors (Lipinski definition) is 0. The number of ether oxygens (including phenoxy) is 2. The average molecular weight is 454 g/mol. The van der Waals surface area contributed by atoms with Crippen molar-refractivity contribution in [2.24, 2.45) is 5.92 Å². The van der Waals surface area contributed by atoms with Gasteiger partial charge >= 0.3 is 0 Å². The molecule has 3 heterocycles. The number of thiazole rings is 1. The Hall–Kier alpha value is -2.71. The molecular formula is C23H23N3O3S2. The molecule has 1 aliphatic rings. The van der Waals surface area contributed by atoms with Crippen LogP contribution in [0.25, 0.3) is 20.8 Å². The second-order valence-electron chi connectivity index (χ2n) is 7.92. The molecule has 1 unspecified atom stereocenters. The van der Waals surface area contributed by atoms with Crippen molar-refractivity contribution in [3.63, 3.8) is 0 Å². The minimum Gasteiger partial charge on any atom is -0.493 e. The maximum Gasteiger partial charge on any atom is 0.262 e. The van der Waals surface area contributed by atoms with Crippen LogP contribution in [-0.4, -0.2) is 28.8 Å². The van der Waals surface area contributed by atoms with E-state index in [1.54, 1.807) is 47.8 Å². The van der Waals surface area contributed by atoms with E-state index < -0.39 is 0 Å². The Bertz CT molecular complexity index is 1320. The summed E-state index contributed by atoms with van der Waals surface area (Å²) in [6.07, 6.45) is 4.81. The summed E-state index contributed by atoms with van der Waals surface area (Å²) in [5.41, 5.74) is 3.05. The number of thiophene rings is 1. The van der Waals surface area contributed by atoms with Crippen LogP contribution in [0.4, 0.5) is 0 Å². The first-order chi connectivity index (χ1) is 15.1. The van der Waals surface area contributed by atoms with Gasteiger partial charge in [-0.2, -0.15) is 0 Å². The molecule has 0 spiro atoms. The molecular weight excluding hydrogens is 430 g/mol. The van der Waals surface area contributed by atoms with E-state index in [4.69, 9.17) is 14.5 Å². The van der Waals surface area contributed by atoms with E-state index >= 15 is 0 Å². The Labute approximate surface area is 188 Å². The van der Waals surface area contributed by atoms with E-state index in [1.165, 1.54) is 10.4 Å². The van der Waals surface area contributed by atoms with E-state index in [0.717, 1.165) is 45.7 Å². The van der Waals surface area contributed by atoms with Crippen LogP contribution in [0.2, 0.25) is 0 Å². The number of aryl methyl sites for hydroxylation is 1. The zero-order chi connectivity index (χ0) is 21.5. The lowest BCUT2D eigenvalue weighted by molar-refractivity contribution is 0.355. The number of hydrogen-bond acceptors (Lipinski definition) is 7. The Morgan fingerprint density at radius 3 is 2.87 bits per heavy atom. The molecule has 31 heavy (non-hydrogen) atoms. The van der Waals surface area contributed by atoms with Gasteiger partial charge in [0.05, 0.1) is 38.2 Å². The van der Waals surface area contributed by atoms with Gasteiger partial charge < -0.3 is 9.47 Å². The number of benzene rings is 1. The quantitative estimate of drug-likeness (QED) is 0.435. The van der Waals surface area contributed by atoms with Gasteiger partial charge in [-0.05, 0) is 48.9 Å². The highest BCUT2D eigenvalue weighted by molar-refractivity contribution is 7.18. The first-order valence-corrected chi connectivity index (χ1v) is 11.9. The zero-order valence-corrected chi connectivity index (χ0v) is 19.3. The lowest BCUT2D eigenvalue weighted by Crippen LogP contribution is -2.22. The van der Waals surface area contributed by atoms with Crippen molar-refractivity contribution < 1.29 is 9.47 Å². The second kappa shape index (κ2) is 8.09. The van der Waals surface area contributed by atoms with Gasteiger partial charge in [0.1, 0.15) is 9.84 Å². The van der Waals surface area contributed by atoms with Gasteiger partial charge in [-0.25, -0.2) is 9.97 Å². The van der Waals surface area contributed by atoms with Crippen molar-refractivity contribution >= 4 is 32.9 Å². The fraction of sp³-hybridized carbons (Fsp3) is 0.348. The summed E-state index contributed by atoms with van der Waals surface area (Å²) in [5.74, 6) is 2.02. The van der Waals surface area contributed by atoms with E-state index in [0.29, 0.717) is 24.0 Å². The number of fused-ring (bicyclic) bond motifs is 3. The number of aromatic nitrogens is 3. The number of nitrogens with zero attached hydrogens (tertiary/aromatic N) is 3. The predicted octanol–water partition coefficient (Wildman–Crippen LogP) is 4.77. The van der Waals surface area contributed by atoms with Crippen molar-refractivity contribution in [1.29, 1.82) is 0 Å². The van der Waals surface area contributed by atoms with Crippen LogP contribution >= 0.6 is 22.7 Å². The van der Waals surface area contributed by atoms with Gasteiger partial charge in [-0.3, -0.25) is 9.36 Å². The smallest absolute Gasteiger partial charge is 0.262 e. The van der Waals surface area contributed by atoms with Crippen LogP contribution in [-0.2, 0) is 19.4 Å². The third-order valence-corrected chi connectivity index (χ3v) is 7.90. The molecule has 1 aromatic carbocycles. The first-order valence-electron chi connectivity index (χ1n) is 10.2. The molecule has 1 atom stereocenters. The Morgan fingerprint density at radius 1 is 1.23 bits per heavy atom. The predicted molar refractivity (Wildman–Crippen MR) is 125 cm³/mol. The van der Waals surface area contributed by atoms with E-state index in [2.05, 4.69) is 11.9 Å².